The number of anilines is 8. The van der Waals surface area contributed by atoms with E-state index in [2.05, 4.69) is 226 Å². The number of para-hydroxylation sites is 1. The van der Waals surface area contributed by atoms with Crippen LogP contribution in [0.3, 0.4) is 0 Å². The Morgan fingerprint density at radius 3 is 1.57 bits per heavy atom. The summed E-state index contributed by atoms with van der Waals surface area (Å²) in [5.41, 5.74) is 21.0. The van der Waals surface area contributed by atoms with Gasteiger partial charge in [0, 0.05) is 65.2 Å². The SMILES string of the molecule is Cc1ccc(N(c2ccc(C)cc2)c2cc3c4c(c2)N(C)c2ccc(C)cc2B4c2cc(N(c4ccc(C)cc4)c4ccc(C)cc4)c4c(c2O3)c2ccccc2n4C)cc1. The lowest BCUT2D eigenvalue weighted by atomic mass is 9.34. The molecular weight excluding hydrogens is 743 g/mol. The molecule has 0 saturated carbocycles. The maximum atomic E-state index is 7.55. The number of rotatable bonds is 6. The van der Waals surface area contributed by atoms with Gasteiger partial charge in [0.15, 0.2) is 0 Å². The van der Waals surface area contributed by atoms with Crippen molar-refractivity contribution in [3.63, 3.8) is 0 Å². The first-order chi connectivity index (χ1) is 29.6. The molecule has 3 heterocycles. The van der Waals surface area contributed by atoms with Crippen LogP contribution >= 0.6 is 0 Å². The zero-order chi connectivity index (χ0) is 41.7. The molecule has 0 unspecified atom stereocenters. The van der Waals surface area contributed by atoms with Gasteiger partial charge in [-0.2, -0.15) is 0 Å². The summed E-state index contributed by atoms with van der Waals surface area (Å²) in [6, 6.07) is 58.3. The van der Waals surface area contributed by atoms with Crippen LogP contribution in [0, 0.1) is 34.6 Å². The van der Waals surface area contributed by atoms with E-state index in [-0.39, 0.29) is 6.71 Å². The number of ether oxygens (including phenoxy) is 1. The Kier molecular flexibility index (Phi) is 8.44. The molecule has 61 heavy (non-hydrogen) atoms. The van der Waals surface area contributed by atoms with E-state index in [0.29, 0.717) is 0 Å². The van der Waals surface area contributed by atoms with Crippen molar-refractivity contribution in [3.8, 4) is 11.5 Å². The first-order valence-corrected chi connectivity index (χ1v) is 21.2. The van der Waals surface area contributed by atoms with Crippen LogP contribution in [-0.4, -0.2) is 18.3 Å². The Bertz CT molecular complexity index is 3090. The summed E-state index contributed by atoms with van der Waals surface area (Å²) in [6.45, 7) is 10.7. The van der Waals surface area contributed by atoms with Crippen LogP contribution in [0.1, 0.15) is 27.8 Å². The molecule has 2 aliphatic heterocycles. The summed E-state index contributed by atoms with van der Waals surface area (Å²) in [7, 11) is 4.41. The number of benzene rings is 8. The average Bonchev–Trinajstić information content (AvgIpc) is 3.57. The molecule has 0 saturated heterocycles. The minimum Gasteiger partial charge on any atom is -0.458 e. The first-order valence-electron chi connectivity index (χ1n) is 21.2. The third-order valence-corrected chi connectivity index (χ3v) is 12.9. The molecule has 0 bridgehead atoms. The normalized spacial score (nSPS) is 12.6. The number of nitrogens with zero attached hydrogens (tertiary/aromatic N) is 4. The van der Waals surface area contributed by atoms with Gasteiger partial charge in [-0.1, -0.05) is 107 Å². The maximum absolute atomic E-state index is 7.55. The maximum Gasteiger partial charge on any atom is 0.256 e. The van der Waals surface area contributed by atoms with Gasteiger partial charge in [-0.3, -0.25) is 0 Å². The van der Waals surface area contributed by atoms with E-state index in [1.54, 1.807) is 0 Å². The molecule has 296 valence electrons. The minimum absolute atomic E-state index is 0.0823. The van der Waals surface area contributed by atoms with Crippen LogP contribution < -0.4 is 35.8 Å². The quantitative estimate of drug-likeness (QED) is 0.157. The van der Waals surface area contributed by atoms with E-state index in [1.807, 2.05) is 0 Å². The highest BCUT2D eigenvalue weighted by Crippen LogP contribution is 2.49. The molecule has 0 amide bonds. The molecule has 0 spiro atoms. The van der Waals surface area contributed by atoms with Gasteiger partial charge < -0.3 is 24.0 Å². The lowest BCUT2D eigenvalue weighted by Gasteiger charge is -2.40. The van der Waals surface area contributed by atoms with E-state index >= 15 is 0 Å². The van der Waals surface area contributed by atoms with Crippen LogP contribution in [0.5, 0.6) is 11.5 Å². The van der Waals surface area contributed by atoms with Crippen LogP contribution in [0.4, 0.5) is 45.5 Å². The van der Waals surface area contributed by atoms with Gasteiger partial charge in [0.25, 0.3) is 6.71 Å². The topological polar surface area (TPSA) is 23.9 Å². The highest BCUT2D eigenvalue weighted by atomic mass is 16.5. The van der Waals surface area contributed by atoms with Crippen LogP contribution in [0.2, 0.25) is 0 Å². The molecular formula is C55H47BN4O. The second-order valence-electron chi connectivity index (χ2n) is 17.2. The molecule has 5 nitrogen and oxygen atoms in total. The molecule has 6 heteroatoms. The molecule has 1 aromatic heterocycles. The van der Waals surface area contributed by atoms with Gasteiger partial charge >= 0.3 is 0 Å². The van der Waals surface area contributed by atoms with Crippen molar-refractivity contribution < 1.29 is 4.74 Å². The minimum atomic E-state index is -0.0823. The molecule has 0 aliphatic carbocycles. The van der Waals surface area contributed by atoms with Gasteiger partial charge in [0.2, 0.25) is 0 Å². The van der Waals surface area contributed by atoms with Crippen molar-refractivity contribution in [2.75, 3.05) is 21.7 Å². The van der Waals surface area contributed by atoms with Crippen molar-refractivity contribution in [2.45, 2.75) is 34.6 Å². The van der Waals surface area contributed by atoms with Gasteiger partial charge in [-0.25, -0.2) is 0 Å². The molecule has 11 rings (SSSR count). The van der Waals surface area contributed by atoms with E-state index in [1.165, 1.54) is 55.3 Å². The van der Waals surface area contributed by atoms with Crippen LogP contribution in [0.15, 0.2) is 158 Å². The van der Waals surface area contributed by atoms with E-state index < -0.39 is 0 Å². The fourth-order valence-electron chi connectivity index (χ4n) is 9.80. The Balaban J connectivity index is 1.23. The zero-order valence-electron chi connectivity index (χ0n) is 35.8. The molecule has 0 atom stereocenters. The summed E-state index contributed by atoms with van der Waals surface area (Å²) >= 11 is 0. The lowest BCUT2D eigenvalue weighted by molar-refractivity contribution is 0.493. The monoisotopic (exact) mass is 790 g/mol. The summed E-state index contributed by atoms with van der Waals surface area (Å²) in [5.74, 6) is 1.79. The van der Waals surface area contributed by atoms with Crippen molar-refractivity contribution >= 4 is 90.4 Å². The highest BCUT2D eigenvalue weighted by molar-refractivity contribution is 6.99. The second-order valence-corrected chi connectivity index (χ2v) is 17.2. The van der Waals surface area contributed by atoms with Gasteiger partial charge in [0.05, 0.1) is 22.3 Å². The Labute approximate surface area is 358 Å². The molecule has 2 aliphatic rings. The van der Waals surface area contributed by atoms with Gasteiger partial charge in [-0.15, -0.1) is 0 Å². The summed E-state index contributed by atoms with van der Waals surface area (Å²) in [5, 5.41) is 2.29. The van der Waals surface area contributed by atoms with Crippen molar-refractivity contribution in [1.82, 2.24) is 4.57 Å². The zero-order valence-corrected chi connectivity index (χ0v) is 35.8. The van der Waals surface area contributed by atoms with E-state index in [0.717, 1.165) is 67.7 Å². The molecule has 0 N–H and O–H groups in total. The van der Waals surface area contributed by atoms with Crippen LogP contribution in [-0.2, 0) is 7.05 Å². The van der Waals surface area contributed by atoms with Crippen LogP contribution in [0.25, 0.3) is 21.8 Å². The standard InChI is InChI=1S/C55H47BN4O/c1-34-12-21-39(22-13-34)59(40-23-14-35(2)15-24-40)43-31-49-53-51(32-43)61-55-46(56(53)45-30-38(5)20-29-48(45)57(49)6)33-50(54-52(55)44-10-8-9-11-47(44)58(54)7)60(41-25-16-36(3)17-26-41)42-27-18-37(4)19-28-42/h8-33H,1-7H3. The summed E-state index contributed by atoms with van der Waals surface area (Å²) in [6.07, 6.45) is 0. The predicted octanol–water partition coefficient (Wildman–Crippen LogP) is 12.5. The van der Waals surface area contributed by atoms with Gasteiger partial charge in [-0.05, 0) is 124 Å². The van der Waals surface area contributed by atoms with Gasteiger partial charge in [0.1, 0.15) is 11.5 Å². The molecule has 8 aromatic carbocycles. The number of aromatic nitrogens is 1. The second kappa shape index (κ2) is 14.0. The molecule has 0 radical (unpaired) electrons. The number of fused-ring (bicyclic) bond motifs is 8. The Morgan fingerprint density at radius 2 is 1.00 bits per heavy atom. The highest BCUT2D eigenvalue weighted by Gasteiger charge is 2.43. The summed E-state index contributed by atoms with van der Waals surface area (Å²) < 4.78 is 9.91. The summed E-state index contributed by atoms with van der Waals surface area (Å²) in [4.78, 5) is 7.17. The average molecular weight is 791 g/mol. The first kappa shape index (κ1) is 36.9. The van der Waals surface area contributed by atoms with E-state index in [4.69, 9.17) is 4.74 Å². The number of hydrogen-bond acceptors (Lipinski definition) is 4. The van der Waals surface area contributed by atoms with Crippen molar-refractivity contribution in [1.29, 1.82) is 0 Å². The third-order valence-electron chi connectivity index (χ3n) is 12.9. The lowest BCUT2D eigenvalue weighted by Crippen LogP contribution is -2.59. The molecule has 9 aromatic rings. The third kappa shape index (κ3) is 5.84. The predicted molar refractivity (Wildman–Crippen MR) is 259 cm³/mol. The van der Waals surface area contributed by atoms with Crippen molar-refractivity contribution in [2.24, 2.45) is 7.05 Å². The Morgan fingerprint density at radius 1 is 0.475 bits per heavy atom. The fraction of sp³-hybridized carbons (Fsp3) is 0.127. The Hall–Kier alpha value is -7.18. The molecule has 0 fully saturated rings. The number of aryl methyl sites for hydroxylation is 6. The van der Waals surface area contributed by atoms with Crippen molar-refractivity contribution in [3.05, 3.63) is 186 Å². The largest absolute Gasteiger partial charge is 0.458 e. The van der Waals surface area contributed by atoms with E-state index in [9.17, 15) is 0 Å². The number of hydrogen-bond donors (Lipinski definition) is 0. The fourth-order valence-corrected chi connectivity index (χ4v) is 9.80. The smallest absolute Gasteiger partial charge is 0.256 e.